The Morgan fingerprint density at radius 1 is 0.778 bits per heavy atom. The number of hydrogen-bond donors (Lipinski definition) is 0. The molecule has 0 aromatic heterocycles. The van der Waals surface area contributed by atoms with Crippen molar-refractivity contribution >= 4 is 16.7 Å². The van der Waals surface area contributed by atoms with Crippen LogP contribution < -0.4 is 0 Å². The second-order valence-corrected chi connectivity index (χ2v) is 15.9. The smallest absolute Gasteiger partial charge is 0.00233 e. The summed E-state index contributed by atoms with van der Waals surface area (Å²) in [6, 6.07) is 16.7. The van der Waals surface area contributed by atoms with Crippen molar-refractivity contribution < 1.29 is 0 Å². The lowest BCUT2D eigenvalue weighted by Crippen LogP contribution is -2.26. The van der Waals surface area contributed by atoms with Gasteiger partial charge in [0.25, 0.3) is 0 Å². The van der Waals surface area contributed by atoms with Crippen LogP contribution >= 0.6 is 0 Å². The van der Waals surface area contributed by atoms with E-state index in [1.807, 2.05) is 0 Å². The van der Waals surface area contributed by atoms with Gasteiger partial charge in [0.2, 0.25) is 0 Å². The number of allylic oxidation sites excluding steroid dienone is 16. The molecule has 0 heteroatoms. The standard InChI is InChI=1S/C45H48/c1-44(2,3)37-20-23-41-40-22-19-35(27-42(40)45(4,5)43(41)28-37)33-14-9-12-31(25-33)30-11-8-13-32(24-30)34-18-21-39-36(26-34)17-16-29-10-6-7-15-38(29)39/h6-8,11-13,15,19-20,22-26,28-29,42H,9-10,14,16-18,21,27H2,1-5H3. The third-order valence-electron chi connectivity index (χ3n) is 11.9. The number of fused-ring (bicyclic) bond motifs is 5. The SMILES string of the molecule is CC(C)(C)c1ccc2c(c1)C(C)(C)C1CC(C3=CC(c4cccc(C5=CC6=C(CC5)C5=CC=CCC5CC6)c4)=CCC3)=CC=C21. The molecule has 228 valence electrons. The maximum absolute atomic E-state index is 2.55. The highest BCUT2D eigenvalue weighted by Crippen LogP contribution is 2.55. The molecule has 0 radical (unpaired) electrons. The molecule has 0 fully saturated rings. The topological polar surface area (TPSA) is 0 Å². The lowest BCUT2D eigenvalue weighted by molar-refractivity contribution is 0.408. The summed E-state index contributed by atoms with van der Waals surface area (Å²) < 4.78 is 0. The first kappa shape index (κ1) is 28.8. The van der Waals surface area contributed by atoms with Crippen LogP contribution in [0.5, 0.6) is 0 Å². The van der Waals surface area contributed by atoms with Gasteiger partial charge in [-0.05, 0) is 153 Å². The molecule has 0 N–H and O–H groups in total. The maximum atomic E-state index is 2.55. The quantitative estimate of drug-likeness (QED) is 0.334. The van der Waals surface area contributed by atoms with Crippen molar-refractivity contribution in [1.29, 1.82) is 0 Å². The van der Waals surface area contributed by atoms with E-state index in [0.717, 1.165) is 31.6 Å². The van der Waals surface area contributed by atoms with Crippen LogP contribution in [0, 0.1) is 11.8 Å². The summed E-state index contributed by atoms with van der Waals surface area (Å²) in [7, 11) is 0. The van der Waals surface area contributed by atoms with Gasteiger partial charge in [0.05, 0.1) is 0 Å². The number of benzene rings is 2. The first-order chi connectivity index (χ1) is 21.7. The lowest BCUT2D eigenvalue weighted by Gasteiger charge is -2.33. The largest absolute Gasteiger partial charge is 0.0839 e. The summed E-state index contributed by atoms with van der Waals surface area (Å²) in [5.74, 6) is 1.29. The molecule has 0 heterocycles. The Hall–Kier alpha value is -3.64. The van der Waals surface area contributed by atoms with E-state index < -0.39 is 0 Å². The normalized spacial score (nSPS) is 25.1. The van der Waals surface area contributed by atoms with Crippen molar-refractivity contribution in [2.24, 2.45) is 11.8 Å². The minimum Gasteiger partial charge on any atom is -0.0839 e. The Bertz CT molecular complexity index is 1840. The van der Waals surface area contributed by atoms with Crippen molar-refractivity contribution in [3.8, 4) is 0 Å². The fourth-order valence-corrected chi connectivity index (χ4v) is 9.10. The van der Waals surface area contributed by atoms with Crippen LogP contribution in [-0.4, -0.2) is 0 Å². The molecule has 2 aromatic carbocycles. The molecule has 0 amide bonds. The van der Waals surface area contributed by atoms with Crippen molar-refractivity contribution in [3.63, 3.8) is 0 Å². The van der Waals surface area contributed by atoms with E-state index in [0.29, 0.717) is 5.92 Å². The number of rotatable bonds is 3. The van der Waals surface area contributed by atoms with Crippen LogP contribution in [-0.2, 0) is 10.8 Å². The highest BCUT2D eigenvalue weighted by Gasteiger charge is 2.44. The molecule has 2 unspecified atom stereocenters. The van der Waals surface area contributed by atoms with Gasteiger partial charge in [0.15, 0.2) is 0 Å². The van der Waals surface area contributed by atoms with Crippen molar-refractivity contribution in [1.82, 2.24) is 0 Å². The maximum Gasteiger partial charge on any atom is -0.00233 e. The Morgan fingerprint density at radius 3 is 2.51 bits per heavy atom. The zero-order valence-corrected chi connectivity index (χ0v) is 28.0. The molecule has 0 nitrogen and oxygen atoms in total. The van der Waals surface area contributed by atoms with Gasteiger partial charge in [0.1, 0.15) is 0 Å². The minimum absolute atomic E-state index is 0.136. The van der Waals surface area contributed by atoms with Gasteiger partial charge >= 0.3 is 0 Å². The molecule has 0 bridgehead atoms. The molecule has 6 aliphatic rings. The van der Waals surface area contributed by atoms with E-state index in [1.165, 1.54) is 70.2 Å². The zero-order chi connectivity index (χ0) is 30.9. The third kappa shape index (κ3) is 4.97. The van der Waals surface area contributed by atoms with Gasteiger partial charge in [0, 0.05) is 0 Å². The van der Waals surface area contributed by atoms with Crippen LogP contribution in [0.2, 0.25) is 0 Å². The zero-order valence-electron chi connectivity index (χ0n) is 28.0. The molecule has 0 spiro atoms. The minimum atomic E-state index is 0.136. The molecule has 6 aliphatic carbocycles. The first-order valence-corrected chi connectivity index (χ1v) is 17.5. The Labute approximate surface area is 271 Å². The van der Waals surface area contributed by atoms with Crippen molar-refractivity contribution in [2.75, 3.05) is 0 Å². The first-order valence-electron chi connectivity index (χ1n) is 17.5. The second-order valence-electron chi connectivity index (χ2n) is 15.9. The summed E-state index contributed by atoms with van der Waals surface area (Å²) >= 11 is 0. The summed E-state index contributed by atoms with van der Waals surface area (Å²) in [5.41, 5.74) is 20.0. The van der Waals surface area contributed by atoms with Gasteiger partial charge in [-0.3, -0.25) is 0 Å². The van der Waals surface area contributed by atoms with Crippen molar-refractivity contribution in [2.45, 2.75) is 96.8 Å². The van der Waals surface area contributed by atoms with E-state index in [-0.39, 0.29) is 10.8 Å². The Morgan fingerprint density at radius 2 is 1.64 bits per heavy atom. The van der Waals surface area contributed by atoms with Crippen molar-refractivity contribution in [3.05, 3.63) is 147 Å². The molecule has 2 aromatic rings. The summed E-state index contributed by atoms with van der Waals surface area (Å²) in [4.78, 5) is 0. The molecular formula is C45H48. The van der Waals surface area contributed by atoms with Gasteiger partial charge in [-0.1, -0.05) is 120 Å². The van der Waals surface area contributed by atoms with Gasteiger partial charge < -0.3 is 0 Å². The van der Waals surface area contributed by atoms with E-state index in [2.05, 4.69) is 126 Å². The fraction of sp³-hybridized carbons (Fsp3) is 0.378. The second kappa shape index (κ2) is 10.7. The highest BCUT2D eigenvalue weighted by molar-refractivity contribution is 5.83. The van der Waals surface area contributed by atoms with Crippen LogP contribution in [0.1, 0.15) is 114 Å². The molecule has 8 rings (SSSR count). The Kier molecular flexibility index (Phi) is 6.86. The van der Waals surface area contributed by atoms with Crippen LogP contribution in [0.25, 0.3) is 16.7 Å². The highest BCUT2D eigenvalue weighted by atomic mass is 14.5. The van der Waals surface area contributed by atoms with E-state index in [4.69, 9.17) is 0 Å². The van der Waals surface area contributed by atoms with Crippen LogP contribution in [0.4, 0.5) is 0 Å². The molecule has 2 atom stereocenters. The lowest BCUT2D eigenvalue weighted by atomic mass is 9.71. The molecule has 0 saturated heterocycles. The molecule has 0 saturated carbocycles. The average Bonchev–Trinajstić information content (AvgIpc) is 3.29. The van der Waals surface area contributed by atoms with E-state index in [1.54, 1.807) is 27.9 Å². The van der Waals surface area contributed by atoms with Gasteiger partial charge in [-0.2, -0.15) is 0 Å². The predicted octanol–water partition coefficient (Wildman–Crippen LogP) is 12.2. The summed E-state index contributed by atoms with van der Waals surface area (Å²) in [5, 5.41) is 0. The van der Waals surface area contributed by atoms with Crippen LogP contribution in [0.3, 0.4) is 0 Å². The summed E-state index contributed by atoms with van der Waals surface area (Å²) in [6.07, 6.45) is 29.0. The van der Waals surface area contributed by atoms with Gasteiger partial charge in [-0.15, -0.1) is 0 Å². The summed E-state index contributed by atoms with van der Waals surface area (Å²) in [6.45, 7) is 11.9. The fourth-order valence-electron chi connectivity index (χ4n) is 9.10. The molecule has 0 aliphatic heterocycles. The van der Waals surface area contributed by atoms with Gasteiger partial charge in [-0.25, -0.2) is 0 Å². The van der Waals surface area contributed by atoms with E-state index >= 15 is 0 Å². The monoisotopic (exact) mass is 588 g/mol. The average molecular weight is 589 g/mol. The molecule has 45 heavy (non-hydrogen) atoms. The Balaban J connectivity index is 1.06. The third-order valence-corrected chi connectivity index (χ3v) is 11.9. The predicted molar refractivity (Wildman–Crippen MR) is 193 cm³/mol. The number of hydrogen-bond acceptors (Lipinski definition) is 0. The van der Waals surface area contributed by atoms with E-state index in [9.17, 15) is 0 Å². The molecular weight excluding hydrogens is 540 g/mol. The van der Waals surface area contributed by atoms with Crippen LogP contribution in [0.15, 0.2) is 119 Å².